The molecular weight excluding hydrogens is 326 g/mol. The number of carbonyl (C=O) groups is 1. The van der Waals surface area contributed by atoms with E-state index in [1.807, 2.05) is 6.92 Å². The molecule has 140 valence electrons. The summed E-state index contributed by atoms with van der Waals surface area (Å²) in [5.74, 6) is 0.406. The molecule has 2 fully saturated rings. The maximum atomic E-state index is 12.7. The smallest absolute Gasteiger partial charge is 0.238 e. The van der Waals surface area contributed by atoms with Crippen LogP contribution >= 0.6 is 0 Å². The molecule has 0 aromatic heterocycles. The lowest BCUT2D eigenvalue weighted by molar-refractivity contribution is -0.125. The maximum Gasteiger partial charge on any atom is 0.238 e. The Morgan fingerprint density at radius 1 is 1.21 bits per heavy atom. The molecule has 0 spiro atoms. The molecule has 6 nitrogen and oxygen atoms in total. The Balaban J connectivity index is 1.99. The van der Waals surface area contributed by atoms with Gasteiger partial charge in [0.25, 0.3) is 0 Å². The fraction of sp³-hybridized carbons (Fsp3) is 0.941. The van der Waals surface area contributed by atoms with Crippen molar-refractivity contribution in [1.29, 1.82) is 0 Å². The van der Waals surface area contributed by atoms with Crippen molar-refractivity contribution in [2.24, 2.45) is 11.7 Å². The molecule has 1 aliphatic heterocycles. The van der Waals surface area contributed by atoms with Crippen LogP contribution in [0.1, 0.15) is 64.7 Å². The zero-order valence-electron chi connectivity index (χ0n) is 14.9. The summed E-state index contributed by atoms with van der Waals surface area (Å²) in [7, 11) is -3.34. The number of nitrogens with zero attached hydrogens (tertiary/aromatic N) is 1. The molecule has 2 rings (SSSR count). The van der Waals surface area contributed by atoms with Crippen molar-refractivity contribution < 1.29 is 13.2 Å². The van der Waals surface area contributed by atoms with E-state index in [0.29, 0.717) is 31.8 Å². The van der Waals surface area contributed by atoms with Gasteiger partial charge in [0.05, 0.1) is 5.75 Å². The molecule has 1 heterocycles. The number of amides is 1. The Hall–Kier alpha value is -0.660. The summed E-state index contributed by atoms with van der Waals surface area (Å²) in [6, 6.07) is -0.580. The van der Waals surface area contributed by atoms with Gasteiger partial charge in [0, 0.05) is 19.1 Å². The van der Waals surface area contributed by atoms with Crippen LogP contribution in [0.2, 0.25) is 0 Å². The average molecular weight is 360 g/mol. The topological polar surface area (TPSA) is 92.5 Å². The minimum absolute atomic E-state index is 0.0291. The van der Waals surface area contributed by atoms with Crippen LogP contribution < -0.4 is 11.1 Å². The highest BCUT2D eigenvalue weighted by atomic mass is 32.2. The summed E-state index contributed by atoms with van der Waals surface area (Å²) in [6.07, 6.45) is 8.68. The molecule has 0 aromatic carbocycles. The Morgan fingerprint density at radius 2 is 1.92 bits per heavy atom. The van der Waals surface area contributed by atoms with Gasteiger partial charge in [-0.2, -0.15) is 4.31 Å². The number of unbranched alkanes of at least 4 members (excludes halogenated alkanes) is 1. The molecule has 0 aromatic rings. The van der Waals surface area contributed by atoms with Crippen LogP contribution in [-0.4, -0.2) is 49.6 Å². The number of nitrogens with two attached hydrogens (primary N) is 1. The van der Waals surface area contributed by atoms with Gasteiger partial charge in [0.2, 0.25) is 15.9 Å². The first-order valence-corrected chi connectivity index (χ1v) is 11.1. The normalized spacial score (nSPS) is 24.8. The van der Waals surface area contributed by atoms with Crippen LogP contribution in [0.15, 0.2) is 0 Å². The van der Waals surface area contributed by atoms with Crippen LogP contribution in [-0.2, 0) is 14.8 Å². The van der Waals surface area contributed by atoms with E-state index in [2.05, 4.69) is 5.32 Å². The molecule has 2 aliphatic rings. The number of hydrogen-bond donors (Lipinski definition) is 2. The molecule has 0 radical (unpaired) electrons. The molecule has 1 saturated carbocycles. The van der Waals surface area contributed by atoms with Gasteiger partial charge in [0.15, 0.2) is 0 Å². The van der Waals surface area contributed by atoms with Crippen molar-refractivity contribution in [3.63, 3.8) is 0 Å². The fourth-order valence-electron chi connectivity index (χ4n) is 3.96. The molecule has 1 saturated heterocycles. The quantitative estimate of drug-likeness (QED) is 0.688. The molecule has 2 unspecified atom stereocenters. The lowest BCUT2D eigenvalue weighted by Gasteiger charge is -2.32. The van der Waals surface area contributed by atoms with Gasteiger partial charge in [-0.3, -0.25) is 4.79 Å². The standard InChI is InChI=1S/C17H33N3O3S/c1-2-3-12-24(22,23)20-11-7-10-16(20)17(21)19-15(13-18)14-8-5-4-6-9-14/h14-16H,2-13,18H2,1H3,(H,19,21). The summed E-state index contributed by atoms with van der Waals surface area (Å²) in [5, 5.41) is 3.07. The average Bonchev–Trinajstić information content (AvgIpc) is 3.09. The van der Waals surface area contributed by atoms with Gasteiger partial charge in [-0.25, -0.2) is 8.42 Å². The van der Waals surface area contributed by atoms with Crippen molar-refractivity contribution in [2.45, 2.75) is 76.8 Å². The Kier molecular flexibility index (Phi) is 7.50. The minimum atomic E-state index is -3.34. The van der Waals surface area contributed by atoms with E-state index in [1.165, 1.54) is 23.6 Å². The van der Waals surface area contributed by atoms with Crippen LogP contribution in [0.3, 0.4) is 0 Å². The summed E-state index contributed by atoms with van der Waals surface area (Å²) in [5.41, 5.74) is 5.89. The number of carbonyl (C=O) groups excluding carboxylic acids is 1. The molecule has 7 heteroatoms. The zero-order chi connectivity index (χ0) is 17.6. The lowest BCUT2D eigenvalue weighted by atomic mass is 9.84. The highest BCUT2D eigenvalue weighted by Crippen LogP contribution is 2.27. The summed E-state index contributed by atoms with van der Waals surface area (Å²) < 4.78 is 26.4. The summed E-state index contributed by atoms with van der Waals surface area (Å²) >= 11 is 0. The zero-order valence-corrected chi connectivity index (χ0v) is 15.7. The second kappa shape index (κ2) is 9.15. The van der Waals surface area contributed by atoms with Crippen LogP contribution in [0.25, 0.3) is 0 Å². The van der Waals surface area contributed by atoms with Gasteiger partial charge in [-0.15, -0.1) is 0 Å². The van der Waals surface area contributed by atoms with Crippen LogP contribution in [0, 0.1) is 5.92 Å². The van der Waals surface area contributed by atoms with E-state index in [9.17, 15) is 13.2 Å². The van der Waals surface area contributed by atoms with Crippen LogP contribution in [0.5, 0.6) is 0 Å². The van der Waals surface area contributed by atoms with Gasteiger partial charge in [-0.05, 0) is 38.0 Å². The second-order valence-electron chi connectivity index (χ2n) is 7.19. The first kappa shape index (κ1) is 19.7. The highest BCUT2D eigenvalue weighted by molar-refractivity contribution is 7.89. The third-order valence-electron chi connectivity index (χ3n) is 5.42. The van der Waals surface area contributed by atoms with Crippen molar-refractivity contribution in [1.82, 2.24) is 9.62 Å². The van der Waals surface area contributed by atoms with Crippen molar-refractivity contribution in [2.75, 3.05) is 18.8 Å². The van der Waals surface area contributed by atoms with Crippen molar-refractivity contribution in [3.05, 3.63) is 0 Å². The number of rotatable bonds is 8. The summed E-state index contributed by atoms with van der Waals surface area (Å²) in [4.78, 5) is 12.7. The Morgan fingerprint density at radius 3 is 2.54 bits per heavy atom. The number of nitrogens with one attached hydrogen (secondary N) is 1. The predicted molar refractivity (Wildman–Crippen MR) is 96.0 cm³/mol. The monoisotopic (exact) mass is 359 g/mol. The maximum absolute atomic E-state index is 12.7. The van der Waals surface area contributed by atoms with E-state index >= 15 is 0 Å². The molecule has 3 N–H and O–H groups in total. The van der Waals surface area contributed by atoms with E-state index in [-0.39, 0.29) is 17.7 Å². The van der Waals surface area contributed by atoms with Gasteiger partial charge in [0.1, 0.15) is 6.04 Å². The van der Waals surface area contributed by atoms with Gasteiger partial charge >= 0.3 is 0 Å². The number of sulfonamides is 1. The van der Waals surface area contributed by atoms with Gasteiger partial charge < -0.3 is 11.1 Å². The van der Waals surface area contributed by atoms with Gasteiger partial charge in [-0.1, -0.05) is 32.6 Å². The molecular formula is C17H33N3O3S. The highest BCUT2D eigenvalue weighted by Gasteiger charge is 2.39. The lowest BCUT2D eigenvalue weighted by Crippen LogP contribution is -2.53. The molecule has 2 atom stereocenters. The Labute approximate surface area is 146 Å². The van der Waals surface area contributed by atoms with Crippen molar-refractivity contribution >= 4 is 15.9 Å². The Bertz CT molecular complexity index is 503. The largest absolute Gasteiger partial charge is 0.350 e. The minimum Gasteiger partial charge on any atom is -0.350 e. The third-order valence-corrected chi connectivity index (χ3v) is 7.38. The first-order chi connectivity index (χ1) is 11.5. The van der Waals surface area contributed by atoms with Crippen molar-refractivity contribution in [3.8, 4) is 0 Å². The molecule has 1 amide bonds. The van der Waals surface area contributed by atoms with Crippen LogP contribution in [0.4, 0.5) is 0 Å². The predicted octanol–water partition coefficient (Wildman–Crippen LogP) is 1.60. The first-order valence-electron chi connectivity index (χ1n) is 9.49. The number of hydrogen-bond acceptors (Lipinski definition) is 4. The van der Waals surface area contributed by atoms with E-state index in [0.717, 1.165) is 25.7 Å². The molecule has 24 heavy (non-hydrogen) atoms. The molecule has 0 bridgehead atoms. The third kappa shape index (κ3) is 4.92. The molecule has 1 aliphatic carbocycles. The van der Waals surface area contributed by atoms with E-state index < -0.39 is 16.1 Å². The SMILES string of the molecule is CCCCS(=O)(=O)N1CCCC1C(=O)NC(CN)C1CCCCC1. The fourth-order valence-corrected chi connectivity index (χ4v) is 5.85. The summed E-state index contributed by atoms with van der Waals surface area (Å²) in [6.45, 7) is 2.85. The van der Waals surface area contributed by atoms with E-state index in [1.54, 1.807) is 0 Å². The van der Waals surface area contributed by atoms with E-state index in [4.69, 9.17) is 5.73 Å². The second-order valence-corrected chi connectivity index (χ2v) is 9.23.